The number of aryl methyl sites for hydroxylation is 1. The number of nitrogens with two attached hydrogens (primary N) is 1. The van der Waals surface area contributed by atoms with E-state index in [1.807, 2.05) is 35.8 Å². The molecule has 1 radical (unpaired) electrons. The van der Waals surface area contributed by atoms with Crippen molar-refractivity contribution in [2.24, 2.45) is 5.73 Å². The van der Waals surface area contributed by atoms with Gasteiger partial charge < -0.3 is 10.3 Å². The molecule has 4 aromatic rings. The van der Waals surface area contributed by atoms with Crippen molar-refractivity contribution in [3.05, 3.63) is 83.2 Å². The van der Waals surface area contributed by atoms with E-state index in [1.165, 1.54) is 12.1 Å². The van der Waals surface area contributed by atoms with Gasteiger partial charge in [0.2, 0.25) is 5.91 Å². The first kappa shape index (κ1) is 15.4. The average molecular weight is 331 g/mol. The highest BCUT2D eigenvalue weighted by Gasteiger charge is 2.17. The summed E-state index contributed by atoms with van der Waals surface area (Å²) in [5, 5.41) is 1.43. The monoisotopic (exact) mass is 331 g/mol. The van der Waals surface area contributed by atoms with E-state index in [-0.39, 0.29) is 5.82 Å². The highest BCUT2D eigenvalue weighted by molar-refractivity contribution is 6.17. The van der Waals surface area contributed by atoms with Crippen LogP contribution in [-0.4, -0.2) is 10.5 Å². The van der Waals surface area contributed by atoms with Crippen LogP contribution < -0.4 is 5.73 Å². The van der Waals surface area contributed by atoms with E-state index in [4.69, 9.17) is 5.73 Å². The first-order valence-electron chi connectivity index (χ1n) is 8.02. The van der Waals surface area contributed by atoms with Crippen LogP contribution in [0.15, 0.2) is 54.6 Å². The first-order valence-corrected chi connectivity index (χ1v) is 8.02. The highest BCUT2D eigenvalue weighted by atomic mass is 19.1. The van der Waals surface area contributed by atoms with Gasteiger partial charge in [0, 0.05) is 22.9 Å². The molecular formula is C21H16FN2O. The van der Waals surface area contributed by atoms with Crippen LogP contribution >= 0.6 is 0 Å². The number of hydrogen-bond acceptors (Lipinski definition) is 1. The normalized spacial score (nSPS) is 11.3. The summed E-state index contributed by atoms with van der Waals surface area (Å²) in [4.78, 5) is 11.9. The Morgan fingerprint density at radius 2 is 1.96 bits per heavy atom. The van der Waals surface area contributed by atoms with Crippen LogP contribution in [0, 0.1) is 18.8 Å². The summed E-state index contributed by atoms with van der Waals surface area (Å²) in [7, 11) is 0. The summed E-state index contributed by atoms with van der Waals surface area (Å²) in [6.07, 6.45) is 0. The molecule has 1 aromatic heterocycles. The maximum absolute atomic E-state index is 13.9. The van der Waals surface area contributed by atoms with Crippen molar-refractivity contribution in [3.63, 3.8) is 0 Å². The maximum Gasteiger partial charge on any atom is 0.249 e. The van der Waals surface area contributed by atoms with E-state index in [0.29, 0.717) is 23.0 Å². The number of carbonyl (C=O) groups excluding carboxylic acids is 1. The zero-order valence-corrected chi connectivity index (χ0v) is 13.7. The second-order valence-corrected chi connectivity index (χ2v) is 6.22. The van der Waals surface area contributed by atoms with Crippen LogP contribution in [0.1, 0.15) is 21.5 Å². The molecule has 0 saturated carbocycles. The molecule has 1 amide bonds. The molecule has 0 aliphatic rings. The molecule has 4 rings (SSSR count). The van der Waals surface area contributed by atoms with Crippen LogP contribution in [0.5, 0.6) is 0 Å². The smallest absolute Gasteiger partial charge is 0.249 e. The molecule has 3 aromatic carbocycles. The summed E-state index contributed by atoms with van der Waals surface area (Å²) < 4.78 is 15.9. The minimum Gasteiger partial charge on any atom is -0.366 e. The van der Waals surface area contributed by atoms with Gasteiger partial charge in [-0.15, -0.1) is 0 Å². The third kappa shape index (κ3) is 2.56. The highest BCUT2D eigenvalue weighted by Crippen LogP contribution is 2.32. The Labute approximate surface area is 144 Å². The van der Waals surface area contributed by atoms with E-state index >= 15 is 0 Å². The number of fused-ring (bicyclic) bond motifs is 3. The molecule has 123 valence electrons. The van der Waals surface area contributed by atoms with Gasteiger partial charge in [-0.25, -0.2) is 4.39 Å². The van der Waals surface area contributed by atoms with Crippen LogP contribution in [0.25, 0.3) is 21.8 Å². The maximum atomic E-state index is 13.9. The summed E-state index contributed by atoms with van der Waals surface area (Å²) in [5.74, 6) is -0.862. The lowest BCUT2D eigenvalue weighted by molar-refractivity contribution is 0.100. The van der Waals surface area contributed by atoms with Crippen molar-refractivity contribution in [2.45, 2.75) is 13.5 Å². The molecule has 2 N–H and O–H groups in total. The molecular weight excluding hydrogens is 315 g/mol. The van der Waals surface area contributed by atoms with Gasteiger partial charge in [-0.3, -0.25) is 4.79 Å². The lowest BCUT2D eigenvalue weighted by atomic mass is 10.1. The van der Waals surface area contributed by atoms with Gasteiger partial charge in [0.1, 0.15) is 5.82 Å². The van der Waals surface area contributed by atoms with Crippen LogP contribution in [0.2, 0.25) is 0 Å². The Kier molecular flexibility index (Phi) is 3.53. The zero-order valence-electron chi connectivity index (χ0n) is 13.7. The standard InChI is InChI=1S/C21H16FN2O/c1-13-4-2-5-14(10-13)12-24-18-7-3-6-17(21(23)25)20(18)16-9-8-15(22)11-19(16)24/h2-8,10-11H,12H2,1H3,(H2,23,25). The SMILES string of the molecule is Cc1cccc(Cn2c3cc(F)c[c]c3c3c(C(N)=O)cccc32)c1. The number of benzene rings is 3. The number of nitrogens with zero attached hydrogens (tertiary/aromatic N) is 1. The molecule has 0 saturated heterocycles. The molecule has 0 fully saturated rings. The number of halogens is 1. The lowest BCUT2D eigenvalue weighted by Gasteiger charge is -2.09. The van der Waals surface area contributed by atoms with Crippen LogP contribution in [-0.2, 0) is 6.54 Å². The molecule has 3 nitrogen and oxygen atoms in total. The van der Waals surface area contributed by atoms with Crippen LogP contribution in [0.3, 0.4) is 0 Å². The van der Waals surface area contributed by atoms with Gasteiger partial charge in [0.15, 0.2) is 0 Å². The Balaban J connectivity index is 2.06. The summed E-state index contributed by atoms with van der Waals surface area (Å²) in [6.45, 7) is 2.61. The fraction of sp³-hybridized carbons (Fsp3) is 0.0952. The molecule has 0 atom stereocenters. The van der Waals surface area contributed by atoms with E-state index in [2.05, 4.69) is 12.1 Å². The number of amides is 1. The largest absolute Gasteiger partial charge is 0.366 e. The second kappa shape index (κ2) is 5.74. The van der Waals surface area contributed by atoms with Gasteiger partial charge in [0.25, 0.3) is 0 Å². The Hall–Kier alpha value is -3.14. The topological polar surface area (TPSA) is 48.0 Å². The van der Waals surface area contributed by atoms with Crippen molar-refractivity contribution in [2.75, 3.05) is 0 Å². The van der Waals surface area contributed by atoms with E-state index in [1.54, 1.807) is 12.1 Å². The van der Waals surface area contributed by atoms with Crippen LogP contribution in [0.4, 0.5) is 4.39 Å². The van der Waals surface area contributed by atoms with E-state index < -0.39 is 5.91 Å². The molecule has 0 spiro atoms. The predicted molar refractivity (Wildman–Crippen MR) is 97.0 cm³/mol. The van der Waals surface area contributed by atoms with Crippen molar-refractivity contribution < 1.29 is 9.18 Å². The van der Waals surface area contributed by atoms with E-state index in [0.717, 1.165) is 22.0 Å². The first-order chi connectivity index (χ1) is 12.0. The van der Waals surface area contributed by atoms with Gasteiger partial charge >= 0.3 is 0 Å². The summed E-state index contributed by atoms with van der Waals surface area (Å²) >= 11 is 0. The molecule has 0 bridgehead atoms. The fourth-order valence-corrected chi connectivity index (χ4v) is 3.40. The molecule has 0 aliphatic heterocycles. The zero-order chi connectivity index (χ0) is 17.6. The molecule has 0 unspecified atom stereocenters. The molecule has 4 heteroatoms. The Morgan fingerprint density at radius 3 is 2.72 bits per heavy atom. The Morgan fingerprint density at radius 1 is 1.16 bits per heavy atom. The molecule has 0 aliphatic carbocycles. The van der Waals surface area contributed by atoms with Gasteiger partial charge in [-0.05, 0) is 42.8 Å². The number of primary amides is 1. The average Bonchev–Trinajstić information content (AvgIpc) is 2.88. The van der Waals surface area contributed by atoms with Crippen molar-refractivity contribution in [1.29, 1.82) is 0 Å². The van der Waals surface area contributed by atoms with Gasteiger partial charge in [-0.2, -0.15) is 0 Å². The minimum absolute atomic E-state index is 0.360. The van der Waals surface area contributed by atoms with Gasteiger partial charge in [-0.1, -0.05) is 35.9 Å². The molecule has 1 heterocycles. The lowest BCUT2D eigenvalue weighted by Crippen LogP contribution is -2.11. The van der Waals surface area contributed by atoms with Crippen molar-refractivity contribution in [1.82, 2.24) is 4.57 Å². The van der Waals surface area contributed by atoms with Crippen molar-refractivity contribution >= 4 is 27.7 Å². The van der Waals surface area contributed by atoms with Gasteiger partial charge in [0.05, 0.1) is 11.0 Å². The third-order valence-electron chi connectivity index (χ3n) is 4.45. The third-order valence-corrected chi connectivity index (χ3v) is 4.45. The minimum atomic E-state index is -0.502. The van der Waals surface area contributed by atoms with E-state index in [9.17, 15) is 9.18 Å². The Bertz CT molecular complexity index is 1130. The number of hydrogen-bond donors (Lipinski definition) is 1. The number of carbonyl (C=O) groups is 1. The number of rotatable bonds is 3. The second-order valence-electron chi connectivity index (χ2n) is 6.22. The summed E-state index contributed by atoms with van der Waals surface area (Å²) in [5.41, 5.74) is 9.78. The number of aromatic nitrogens is 1. The molecule has 25 heavy (non-hydrogen) atoms. The predicted octanol–water partition coefficient (Wildman–Crippen LogP) is 4.19. The van der Waals surface area contributed by atoms with Crippen molar-refractivity contribution in [3.8, 4) is 0 Å². The summed E-state index contributed by atoms with van der Waals surface area (Å²) in [6, 6.07) is 19.3. The quantitative estimate of drug-likeness (QED) is 0.601. The fourth-order valence-electron chi connectivity index (χ4n) is 3.40.